The Hall–Kier alpha value is -2.98. The molecule has 1 unspecified atom stereocenters. The molecule has 0 aliphatic heterocycles. The van der Waals surface area contributed by atoms with E-state index in [1.807, 2.05) is 60.7 Å². The second-order valence-electron chi connectivity index (χ2n) is 9.86. The third-order valence-corrected chi connectivity index (χ3v) is 9.38. The van der Waals surface area contributed by atoms with Crippen molar-refractivity contribution in [1.29, 1.82) is 0 Å². The van der Waals surface area contributed by atoms with Crippen LogP contribution in [0.4, 0.5) is 26.3 Å². The summed E-state index contributed by atoms with van der Waals surface area (Å²) in [6.07, 6.45) is -13.0. The van der Waals surface area contributed by atoms with E-state index in [4.69, 9.17) is 4.74 Å². The van der Waals surface area contributed by atoms with E-state index in [0.717, 1.165) is 21.1 Å². The first-order valence-electron chi connectivity index (χ1n) is 12.9. The van der Waals surface area contributed by atoms with Crippen LogP contribution in [0, 0.1) is 5.92 Å². The van der Waals surface area contributed by atoms with Gasteiger partial charge in [-0.3, -0.25) is 0 Å². The molecule has 1 atom stereocenters. The van der Waals surface area contributed by atoms with Crippen LogP contribution < -0.4 is 0 Å². The fraction of sp³-hybridized carbons (Fsp3) is 0.367. The highest BCUT2D eigenvalue weighted by Crippen LogP contribution is 2.48. The number of ether oxygens (including phenoxy) is 1. The summed E-state index contributed by atoms with van der Waals surface area (Å²) >= 11 is 0. The molecule has 0 saturated heterocycles. The van der Waals surface area contributed by atoms with Gasteiger partial charge in [0.25, 0.3) is 5.60 Å². The van der Waals surface area contributed by atoms with E-state index in [0.29, 0.717) is 25.7 Å². The number of benzene rings is 3. The summed E-state index contributed by atoms with van der Waals surface area (Å²) in [4.78, 5) is 16.0. The molecule has 1 aliphatic rings. The van der Waals surface area contributed by atoms with Crippen molar-refractivity contribution in [1.82, 2.24) is 0 Å². The van der Waals surface area contributed by atoms with Crippen molar-refractivity contribution >= 4 is 16.9 Å². The number of alkyl halides is 6. The predicted octanol–water partition coefficient (Wildman–Crippen LogP) is 8.13. The minimum absolute atomic E-state index is 0.00297. The van der Waals surface area contributed by atoms with E-state index in [2.05, 4.69) is 0 Å². The Morgan fingerprint density at radius 1 is 0.750 bits per heavy atom. The van der Waals surface area contributed by atoms with Gasteiger partial charge in [-0.15, -0.1) is 0 Å². The Bertz CT molecular complexity index is 1190. The molecule has 0 heterocycles. The zero-order valence-electron chi connectivity index (χ0n) is 21.4. The summed E-state index contributed by atoms with van der Waals surface area (Å²) < 4.78 is 86.2. The summed E-state index contributed by atoms with van der Waals surface area (Å²) in [7, 11) is -0.519. The van der Waals surface area contributed by atoms with Crippen LogP contribution >= 0.6 is 0 Å². The van der Waals surface area contributed by atoms with Crippen LogP contribution in [0.2, 0.25) is 0 Å². The van der Waals surface area contributed by atoms with Gasteiger partial charge >= 0.3 is 18.3 Å². The van der Waals surface area contributed by atoms with Gasteiger partial charge in [0.15, 0.2) is 14.7 Å². The fourth-order valence-corrected chi connectivity index (χ4v) is 7.03. The van der Waals surface area contributed by atoms with E-state index in [1.54, 1.807) is 12.1 Å². The first-order valence-corrected chi connectivity index (χ1v) is 14.1. The van der Waals surface area contributed by atoms with Gasteiger partial charge in [0.05, 0.1) is 16.5 Å². The predicted molar refractivity (Wildman–Crippen MR) is 139 cm³/mol. The number of hydrogen-bond acceptors (Lipinski definition) is 3. The first kappa shape index (κ1) is 30.0. The third kappa shape index (κ3) is 6.66. The van der Waals surface area contributed by atoms with Crippen LogP contribution in [0.5, 0.6) is 0 Å². The van der Waals surface area contributed by atoms with Gasteiger partial charge in [-0.05, 0) is 67.3 Å². The van der Waals surface area contributed by atoms with Gasteiger partial charge in [0, 0.05) is 6.42 Å². The average molecular weight is 584 g/mol. The van der Waals surface area contributed by atoms with Crippen LogP contribution in [0.3, 0.4) is 0 Å². The van der Waals surface area contributed by atoms with Crippen molar-refractivity contribution < 1.29 is 41.0 Å². The number of carbonyl (C=O) groups excluding carboxylic acids is 1. The number of hydrogen-bond donors (Lipinski definition) is 1. The number of rotatable bonds is 8. The van der Waals surface area contributed by atoms with Crippen molar-refractivity contribution in [2.24, 2.45) is 5.92 Å². The van der Waals surface area contributed by atoms with Gasteiger partial charge in [0.1, 0.15) is 6.10 Å². The van der Waals surface area contributed by atoms with Crippen LogP contribution in [-0.2, 0) is 15.6 Å². The van der Waals surface area contributed by atoms with Crippen LogP contribution in [-0.4, -0.2) is 35.1 Å². The molecule has 1 fully saturated rings. The third-order valence-electron chi connectivity index (χ3n) is 7.15. The van der Waals surface area contributed by atoms with Gasteiger partial charge in [-0.1, -0.05) is 55.7 Å². The summed E-state index contributed by atoms with van der Waals surface area (Å²) in [5.41, 5.74) is -5.00. The summed E-state index contributed by atoms with van der Waals surface area (Å²) in [5.74, 6) is -1.76. The zero-order valence-corrected chi connectivity index (χ0v) is 22.2. The summed E-state index contributed by atoms with van der Waals surface area (Å²) in [6, 6.07) is 25.7. The number of halogens is 6. The van der Waals surface area contributed by atoms with Gasteiger partial charge in [-0.25, -0.2) is 4.79 Å². The lowest BCUT2D eigenvalue weighted by Crippen LogP contribution is -2.59. The van der Waals surface area contributed by atoms with Crippen molar-refractivity contribution in [2.75, 3.05) is 0 Å². The molecule has 0 radical (unpaired) electrons. The average Bonchev–Trinajstić information content (AvgIpc) is 2.93. The molecule has 0 amide bonds. The first-order chi connectivity index (χ1) is 18.9. The standard InChI is InChI=1S/C30H29F6O3S/c31-29(32,33)28(38,30(34,35)36)20-26(21-10-4-1-5-11-21)39-27(37)22-16-18-25(19-17-22)40(23-12-6-2-7-13-23)24-14-8-3-9-15-24/h2-3,6-9,12-19,21,26,38H,1,4-5,10-11,20H2/q+1. The Balaban J connectivity index is 1.60. The van der Waals surface area contributed by atoms with Gasteiger partial charge < -0.3 is 9.84 Å². The molecule has 1 saturated carbocycles. The molecule has 40 heavy (non-hydrogen) atoms. The van der Waals surface area contributed by atoms with Crippen LogP contribution in [0.1, 0.15) is 48.9 Å². The molecular weight excluding hydrogens is 554 g/mol. The molecule has 3 aromatic carbocycles. The molecule has 4 rings (SSSR count). The SMILES string of the molecule is O=C(OC(CC(O)(C(F)(F)F)C(F)(F)F)C1CCCCC1)c1ccc([S+](c2ccccc2)c2ccccc2)cc1. The van der Waals surface area contributed by atoms with E-state index >= 15 is 0 Å². The maximum Gasteiger partial charge on any atom is 0.426 e. The van der Waals surface area contributed by atoms with Crippen LogP contribution in [0.15, 0.2) is 99.6 Å². The van der Waals surface area contributed by atoms with Crippen LogP contribution in [0.25, 0.3) is 0 Å². The highest BCUT2D eigenvalue weighted by Gasteiger charge is 2.71. The topological polar surface area (TPSA) is 46.5 Å². The van der Waals surface area contributed by atoms with E-state index in [-0.39, 0.29) is 5.56 Å². The van der Waals surface area contributed by atoms with Crippen molar-refractivity contribution in [3.05, 3.63) is 90.5 Å². The second-order valence-corrected chi connectivity index (χ2v) is 11.9. The fourth-order valence-electron chi connectivity index (χ4n) is 4.95. The molecule has 3 aromatic rings. The van der Waals surface area contributed by atoms with E-state index < -0.39 is 53.3 Å². The highest BCUT2D eigenvalue weighted by atomic mass is 32.2. The van der Waals surface area contributed by atoms with Crippen molar-refractivity contribution in [3.8, 4) is 0 Å². The lowest BCUT2D eigenvalue weighted by atomic mass is 9.80. The lowest BCUT2D eigenvalue weighted by Gasteiger charge is -2.38. The summed E-state index contributed by atoms with van der Waals surface area (Å²) in [6.45, 7) is 0. The Morgan fingerprint density at radius 3 is 1.65 bits per heavy atom. The van der Waals surface area contributed by atoms with Crippen molar-refractivity contribution in [3.63, 3.8) is 0 Å². The molecule has 0 spiro atoms. The maximum absolute atomic E-state index is 13.5. The molecular formula is C30H29F6O3S+. The molecule has 214 valence electrons. The van der Waals surface area contributed by atoms with Gasteiger partial charge in [0.2, 0.25) is 0 Å². The Kier molecular flexibility index (Phi) is 9.19. The largest absolute Gasteiger partial charge is 0.458 e. The van der Waals surface area contributed by atoms with Gasteiger partial charge in [-0.2, -0.15) is 26.3 Å². The Morgan fingerprint density at radius 2 is 1.20 bits per heavy atom. The van der Waals surface area contributed by atoms with Crippen molar-refractivity contribution in [2.45, 2.75) is 77.3 Å². The second kappa shape index (κ2) is 12.3. The maximum atomic E-state index is 13.5. The zero-order chi connectivity index (χ0) is 29.0. The highest BCUT2D eigenvalue weighted by molar-refractivity contribution is 7.97. The molecule has 1 N–H and O–H groups in total. The molecule has 3 nitrogen and oxygen atoms in total. The molecule has 0 aromatic heterocycles. The monoisotopic (exact) mass is 583 g/mol. The minimum Gasteiger partial charge on any atom is -0.458 e. The number of aliphatic hydroxyl groups is 1. The molecule has 1 aliphatic carbocycles. The quantitative estimate of drug-likeness (QED) is 0.166. The minimum atomic E-state index is -5.99. The molecule has 10 heteroatoms. The Labute approximate surface area is 231 Å². The van der Waals surface area contributed by atoms with E-state index in [1.165, 1.54) is 12.1 Å². The normalized spacial score (nSPS) is 16.1. The smallest absolute Gasteiger partial charge is 0.426 e. The summed E-state index contributed by atoms with van der Waals surface area (Å²) in [5, 5.41) is 9.84. The molecule has 0 bridgehead atoms. The number of esters is 1. The van der Waals surface area contributed by atoms with E-state index in [9.17, 15) is 36.2 Å². The lowest BCUT2D eigenvalue weighted by molar-refractivity contribution is -0.374. The number of carbonyl (C=O) groups is 1.